The number of rotatable bonds is 7. The average molecular weight is 347 g/mol. The first-order valence-corrected chi connectivity index (χ1v) is 8.74. The van der Waals surface area contributed by atoms with Crippen molar-refractivity contribution in [2.45, 2.75) is 25.3 Å². The molecule has 1 aromatic rings. The lowest BCUT2D eigenvalue weighted by molar-refractivity contribution is -0.116. The molecule has 0 saturated carbocycles. The summed E-state index contributed by atoms with van der Waals surface area (Å²) in [5.41, 5.74) is 1.32. The summed E-state index contributed by atoms with van der Waals surface area (Å²) in [7, 11) is 5.81. The topological polar surface area (TPSA) is 76.7 Å². The van der Waals surface area contributed by atoms with Gasteiger partial charge in [0.2, 0.25) is 5.91 Å². The van der Waals surface area contributed by atoms with Crippen molar-refractivity contribution in [1.82, 2.24) is 15.1 Å². The maximum atomic E-state index is 12.0. The van der Waals surface area contributed by atoms with E-state index in [1.807, 2.05) is 14.1 Å². The Balaban J connectivity index is 1.76. The van der Waals surface area contributed by atoms with Gasteiger partial charge in [0.05, 0.1) is 6.54 Å². The van der Waals surface area contributed by atoms with E-state index in [4.69, 9.17) is 0 Å². The van der Waals surface area contributed by atoms with Gasteiger partial charge in [0, 0.05) is 24.0 Å². The Morgan fingerprint density at radius 3 is 2.60 bits per heavy atom. The molecule has 2 rings (SSSR count). The fourth-order valence-corrected chi connectivity index (χ4v) is 3.03. The van der Waals surface area contributed by atoms with Crippen molar-refractivity contribution in [3.8, 4) is 0 Å². The first kappa shape index (κ1) is 19.2. The molecule has 0 unspecified atom stereocenters. The normalized spacial score (nSPS) is 17.5. The van der Waals surface area contributed by atoms with Crippen LogP contribution < -0.4 is 16.0 Å². The van der Waals surface area contributed by atoms with Crippen molar-refractivity contribution in [3.63, 3.8) is 0 Å². The predicted octanol–water partition coefficient (Wildman–Crippen LogP) is 1.79. The summed E-state index contributed by atoms with van der Waals surface area (Å²) in [5, 5.41) is 8.52. The van der Waals surface area contributed by atoms with E-state index in [2.05, 4.69) is 27.9 Å². The van der Waals surface area contributed by atoms with Gasteiger partial charge in [-0.25, -0.2) is 4.79 Å². The van der Waals surface area contributed by atoms with Crippen molar-refractivity contribution in [3.05, 3.63) is 24.3 Å². The van der Waals surface area contributed by atoms with E-state index in [0.717, 1.165) is 13.0 Å². The number of hydrogen-bond donors (Lipinski definition) is 3. The van der Waals surface area contributed by atoms with Crippen LogP contribution in [0.2, 0.25) is 0 Å². The molecule has 1 saturated heterocycles. The number of urea groups is 1. The van der Waals surface area contributed by atoms with E-state index in [0.29, 0.717) is 30.5 Å². The van der Waals surface area contributed by atoms with E-state index < -0.39 is 0 Å². The molecule has 1 fully saturated rings. The molecule has 0 spiro atoms. The van der Waals surface area contributed by atoms with Crippen LogP contribution >= 0.6 is 0 Å². The van der Waals surface area contributed by atoms with Crippen LogP contribution in [-0.2, 0) is 4.79 Å². The summed E-state index contributed by atoms with van der Waals surface area (Å²) in [6, 6.07) is 7.48. The van der Waals surface area contributed by atoms with Crippen molar-refractivity contribution in [2.24, 2.45) is 0 Å². The first-order valence-electron chi connectivity index (χ1n) is 8.74. The van der Waals surface area contributed by atoms with Gasteiger partial charge >= 0.3 is 6.03 Å². The van der Waals surface area contributed by atoms with Crippen LogP contribution in [-0.4, -0.2) is 68.6 Å². The van der Waals surface area contributed by atoms with Crippen molar-refractivity contribution in [1.29, 1.82) is 0 Å². The van der Waals surface area contributed by atoms with Gasteiger partial charge in [-0.3, -0.25) is 4.79 Å². The van der Waals surface area contributed by atoms with Gasteiger partial charge in [0.25, 0.3) is 0 Å². The maximum absolute atomic E-state index is 12.0. The Morgan fingerprint density at radius 2 is 1.96 bits per heavy atom. The number of nitrogens with zero attached hydrogens (tertiary/aromatic N) is 2. The molecule has 0 aromatic heterocycles. The highest BCUT2D eigenvalue weighted by Crippen LogP contribution is 2.17. The van der Waals surface area contributed by atoms with E-state index in [-0.39, 0.29) is 11.9 Å². The lowest BCUT2D eigenvalue weighted by Crippen LogP contribution is -2.34. The van der Waals surface area contributed by atoms with Gasteiger partial charge in [-0.1, -0.05) is 6.07 Å². The van der Waals surface area contributed by atoms with Gasteiger partial charge in [0.1, 0.15) is 0 Å². The number of likely N-dealkylation sites (tertiary alicyclic amines) is 1. The molecule has 7 nitrogen and oxygen atoms in total. The molecule has 138 valence electrons. The van der Waals surface area contributed by atoms with E-state index >= 15 is 0 Å². The van der Waals surface area contributed by atoms with Crippen LogP contribution in [0.25, 0.3) is 0 Å². The highest BCUT2D eigenvalue weighted by molar-refractivity contribution is 5.94. The number of carbonyl (C=O) groups is 2. The Kier molecular flexibility index (Phi) is 7.21. The second-order valence-corrected chi connectivity index (χ2v) is 6.81. The fraction of sp³-hybridized carbons (Fsp3) is 0.556. The number of nitrogens with one attached hydrogen (secondary N) is 3. The van der Waals surface area contributed by atoms with E-state index in [1.54, 1.807) is 29.2 Å². The minimum Gasteiger partial charge on any atom is -0.338 e. The first-order chi connectivity index (χ1) is 11.9. The molecule has 3 amide bonds. The van der Waals surface area contributed by atoms with Gasteiger partial charge in [-0.05, 0) is 65.1 Å². The number of amides is 3. The smallest absolute Gasteiger partial charge is 0.319 e. The zero-order valence-corrected chi connectivity index (χ0v) is 15.3. The lowest BCUT2D eigenvalue weighted by Gasteiger charge is -2.19. The predicted molar refractivity (Wildman–Crippen MR) is 101 cm³/mol. The number of hydrogen-bond acceptors (Lipinski definition) is 4. The SMILES string of the molecule is CN(C)CC(=O)Nc1cccc(NC(=O)NCC[C@H]2CCCN2C)c1. The molecule has 0 radical (unpaired) electrons. The molecule has 1 heterocycles. The molecule has 1 aliphatic heterocycles. The number of anilines is 2. The molecule has 3 N–H and O–H groups in total. The Labute approximate surface area is 149 Å². The third kappa shape index (κ3) is 6.72. The standard InChI is InChI=1S/C18H29N5O2/c1-22(2)13-17(24)20-14-6-4-7-15(12-14)21-18(25)19-10-9-16-8-5-11-23(16)3/h4,6-7,12,16H,5,8-11,13H2,1-3H3,(H,20,24)(H2,19,21,25)/t16-/m1/s1. The minimum absolute atomic E-state index is 0.0905. The molecular weight excluding hydrogens is 318 g/mol. The van der Waals surface area contributed by atoms with Crippen LogP contribution in [0.1, 0.15) is 19.3 Å². The second-order valence-electron chi connectivity index (χ2n) is 6.81. The van der Waals surface area contributed by atoms with Crippen LogP contribution in [0.3, 0.4) is 0 Å². The third-order valence-electron chi connectivity index (χ3n) is 4.30. The summed E-state index contributed by atoms with van der Waals surface area (Å²) >= 11 is 0. The number of carbonyl (C=O) groups excluding carboxylic acids is 2. The molecule has 1 aromatic carbocycles. The lowest BCUT2D eigenvalue weighted by atomic mass is 10.1. The van der Waals surface area contributed by atoms with Crippen LogP contribution in [0.5, 0.6) is 0 Å². The fourth-order valence-electron chi connectivity index (χ4n) is 3.03. The highest BCUT2D eigenvalue weighted by atomic mass is 16.2. The Hall–Kier alpha value is -2.12. The highest BCUT2D eigenvalue weighted by Gasteiger charge is 2.20. The molecule has 7 heteroatoms. The summed E-state index contributed by atoms with van der Waals surface area (Å²) in [6.45, 7) is 2.11. The molecule has 1 atom stereocenters. The zero-order valence-electron chi connectivity index (χ0n) is 15.3. The van der Waals surface area contributed by atoms with Gasteiger partial charge < -0.3 is 25.8 Å². The van der Waals surface area contributed by atoms with E-state index in [1.165, 1.54) is 12.8 Å². The largest absolute Gasteiger partial charge is 0.338 e. The monoisotopic (exact) mass is 347 g/mol. The summed E-state index contributed by atoms with van der Waals surface area (Å²) in [4.78, 5) is 28.0. The van der Waals surface area contributed by atoms with Crippen molar-refractivity contribution >= 4 is 23.3 Å². The number of likely N-dealkylation sites (N-methyl/N-ethyl adjacent to an activating group) is 1. The van der Waals surface area contributed by atoms with Gasteiger partial charge in [-0.15, -0.1) is 0 Å². The molecule has 1 aliphatic rings. The van der Waals surface area contributed by atoms with Crippen molar-refractivity contribution < 1.29 is 9.59 Å². The van der Waals surface area contributed by atoms with E-state index in [9.17, 15) is 9.59 Å². The molecular formula is C18H29N5O2. The van der Waals surface area contributed by atoms with Crippen molar-refractivity contribution in [2.75, 3.05) is 51.4 Å². The molecule has 25 heavy (non-hydrogen) atoms. The zero-order chi connectivity index (χ0) is 18.2. The molecule has 0 aliphatic carbocycles. The quantitative estimate of drug-likeness (QED) is 0.703. The second kappa shape index (κ2) is 9.39. The summed E-state index contributed by atoms with van der Waals surface area (Å²) < 4.78 is 0. The average Bonchev–Trinajstić information content (AvgIpc) is 2.92. The van der Waals surface area contributed by atoms with Crippen LogP contribution in [0, 0.1) is 0 Å². The van der Waals surface area contributed by atoms with Gasteiger partial charge in [0.15, 0.2) is 0 Å². The summed E-state index contributed by atoms with van der Waals surface area (Å²) in [6.07, 6.45) is 3.40. The Bertz CT molecular complexity index is 591. The number of benzene rings is 1. The third-order valence-corrected chi connectivity index (χ3v) is 4.30. The Morgan fingerprint density at radius 1 is 1.24 bits per heavy atom. The van der Waals surface area contributed by atoms with Crippen LogP contribution in [0.4, 0.5) is 16.2 Å². The summed E-state index contributed by atoms with van der Waals surface area (Å²) in [5.74, 6) is -0.0905. The molecule has 0 bridgehead atoms. The van der Waals surface area contributed by atoms with Crippen LogP contribution in [0.15, 0.2) is 24.3 Å². The van der Waals surface area contributed by atoms with Gasteiger partial charge in [-0.2, -0.15) is 0 Å². The maximum Gasteiger partial charge on any atom is 0.319 e. The minimum atomic E-state index is -0.225.